The highest BCUT2D eigenvalue weighted by Gasteiger charge is 2.39. The summed E-state index contributed by atoms with van der Waals surface area (Å²) in [6, 6.07) is 46.8. The lowest BCUT2D eigenvalue weighted by molar-refractivity contribution is 0.524. The second kappa shape index (κ2) is 34.4. The van der Waals surface area contributed by atoms with Crippen molar-refractivity contribution < 1.29 is 4.39 Å². The number of nitrogens with zero attached hydrogens (tertiary/aromatic N) is 1. The molecular weight excluding hydrogens is 920 g/mol. The van der Waals surface area contributed by atoms with Crippen LogP contribution in [0.5, 0.6) is 0 Å². The zero-order valence-electron chi connectivity index (χ0n) is 45.5. The molecule has 7 rings (SSSR count). The highest BCUT2D eigenvalue weighted by Crippen LogP contribution is 2.51. The van der Waals surface area contributed by atoms with Crippen molar-refractivity contribution in [1.29, 1.82) is 0 Å². The van der Waals surface area contributed by atoms with E-state index in [2.05, 4.69) is 174 Å². The van der Waals surface area contributed by atoms with Crippen LogP contribution in [0, 0.1) is 54.2 Å². The maximum absolute atomic E-state index is 13.2. The molecule has 1 heterocycles. The van der Waals surface area contributed by atoms with E-state index in [0.717, 1.165) is 77.3 Å². The van der Waals surface area contributed by atoms with Gasteiger partial charge in [-0.2, -0.15) is 0 Å². The molecule has 1 nitrogen and oxygen atoms in total. The van der Waals surface area contributed by atoms with Crippen LogP contribution < -0.4 is 0 Å². The van der Waals surface area contributed by atoms with Crippen molar-refractivity contribution in [3.8, 4) is 0 Å². The van der Waals surface area contributed by atoms with Gasteiger partial charge in [0.2, 0.25) is 0 Å². The summed E-state index contributed by atoms with van der Waals surface area (Å²) in [5, 5.41) is 2.09. The molecule has 0 bridgehead atoms. The Labute approximate surface area is 442 Å². The van der Waals surface area contributed by atoms with Gasteiger partial charge >= 0.3 is 0 Å². The quantitative estimate of drug-likeness (QED) is 0.106. The molecule has 1 aliphatic carbocycles. The minimum absolute atomic E-state index is 0.0660. The molecule has 0 N–H and O–H groups in total. The van der Waals surface area contributed by atoms with Crippen LogP contribution in [0.2, 0.25) is 15.1 Å². The zero-order valence-corrected chi connectivity index (χ0v) is 47.7. The highest BCUT2D eigenvalue weighted by molar-refractivity contribution is 6.42. The van der Waals surface area contributed by atoms with E-state index in [1.54, 1.807) is 6.07 Å². The molecule has 1 aliphatic rings. The molecule has 0 radical (unpaired) electrons. The minimum Gasteiger partial charge on any atom is -0.261 e. The van der Waals surface area contributed by atoms with Gasteiger partial charge in [-0.25, -0.2) is 4.39 Å². The summed E-state index contributed by atoms with van der Waals surface area (Å²) in [6.07, 6.45) is 9.91. The minimum atomic E-state index is -0.0660. The van der Waals surface area contributed by atoms with Crippen LogP contribution in [-0.4, -0.2) is 4.98 Å². The fourth-order valence-corrected chi connectivity index (χ4v) is 8.65. The van der Waals surface area contributed by atoms with Gasteiger partial charge in [-0.05, 0) is 181 Å². The molecule has 5 heteroatoms. The molecule has 3 atom stereocenters. The van der Waals surface area contributed by atoms with Crippen molar-refractivity contribution in [2.24, 2.45) is 41.4 Å². The Morgan fingerprint density at radius 2 is 1.10 bits per heavy atom. The Bertz CT molecular complexity index is 2180. The van der Waals surface area contributed by atoms with E-state index in [-0.39, 0.29) is 5.82 Å². The van der Waals surface area contributed by atoms with E-state index in [4.69, 9.17) is 34.8 Å². The summed E-state index contributed by atoms with van der Waals surface area (Å²) >= 11 is 17.4. The first-order valence-corrected chi connectivity index (χ1v) is 27.2. The van der Waals surface area contributed by atoms with Gasteiger partial charge in [-0.1, -0.05) is 222 Å². The van der Waals surface area contributed by atoms with Crippen LogP contribution in [0.1, 0.15) is 160 Å². The van der Waals surface area contributed by atoms with Gasteiger partial charge in [-0.15, -0.1) is 0 Å². The van der Waals surface area contributed by atoms with E-state index in [9.17, 15) is 4.39 Å². The molecule has 0 spiro atoms. The van der Waals surface area contributed by atoms with Crippen molar-refractivity contribution in [3.63, 3.8) is 0 Å². The molecule has 0 amide bonds. The number of pyridine rings is 1. The smallest absolute Gasteiger partial charge is 0.126 e. The van der Waals surface area contributed by atoms with Gasteiger partial charge in [0.1, 0.15) is 5.82 Å². The second-order valence-corrected chi connectivity index (χ2v) is 22.8. The van der Waals surface area contributed by atoms with Crippen LogP contribution in [0.25, 0.3) is 0 Å². The summed E-state index contributed by atoms with van der Waals surface area (Å²) in [7, 11) is 0. The average Bonchev–Trinajstić information content (AvgIpc) is 4.13. The van der Waals surface area contributed by atoms with Crippen molar-refractivity contribution in [1.82, 2.24) is 4.98 Å². The van der Waals surface area contributed by atoms with Crippen molar-refractivity contribution in [3.05, 3.63) is 206 Å². The molecule has 1 saturated carbocycles. The number of aromatic nitrogens is 1. The molecule has 70 heavy (non-hydrogen) atoms. The lowest BCUT2D eigenvalue weighted by Crippen LogP contribution is -1.99. The highest BCUT2D eigenvalue weighted by atomic mass is 35.5. The first kappa shape index (κ1) is 62.2. The van der Waals surface area contributed by atoms with Crippen LogP contribution >= 0.6 is 34.8 Å². The molecule has 382 valence electrons. The predicted molar refractivity (Wildman–Crippen MR) is 309 cm³/mol. The number of hydrogen-bond acceptors (Lipinski definition) is 1. The molecule has 0 aliphatic heterocycles. The summed E-state index contributed by atoms with van der Waals surface area (Å²) < 4.78 is 13.2. The van der Waals surface area contributed by atoms with Gasteiger partial charge < -0.3 is 0 Å². The lowest BCUT2D eigenvalue weighted by Gasteiger charge is -2.13. The number of aryl methyl sites for hydroxylation is 2. The molecular formula is C65H89Cl3FN. The summed E-state index contributed by atoms with van der Waals surface area (Å²) in [5.41, 5.74) is 8.75. The number of halogens is 4. The first-order chi connectivity index (χ1) is 33.2. The van der Waals surface area contributed by atoms with E-state index in [1.807, 2.05) is 61.7 Å². The summed E-state index contributed by atoms with van der Waals surface area (Å²) in [4.78, 5) is 4.25. The van der Waals surface area contributed by atoms with Gasteiger partial charge in [0.15, 0.2) is 0 Å². The largest absolute Gasteiger partial charge is 0.261 e. The Balaban J connectivity index is 0.000000288. The monoisotopic (exact) mass is 1010 g/mol. The Hall–Kier alpha value is -3.95. The Kier molecular flexibility index (Phi) is 30.6. The van der Waals surface area contributed by atoms with Crippen LogP contribution in [-0.2, 0) is 25.7 Å². The third-order valence-corrected chi connectivity index (χ3v) is 13.0. The Morgan fingerprint density at radius 1 is 0.543 bits per heavy atom. The lowest BCUT2D eigenvalue weighted by atomic mass is 9.92. The number of rotatable bonds is 14. The summed E-state index contributed by atoms with van der Waals surface area (Å²) in [6.45, 7) is 31.0. The van der Waals surface area contributed by atoms with Gasteiger partial charge in [0.05, 0.1) is 10.0 Å². The average molecular weight is 1010 g/mol. The summed E-state index contributed by atoms with van der Waals surface area (Å²) in [5.74, 6) is 6.76. The number of hydrogen-bond donors (Lipinski definition) is 0. The van der Waals surface area contributed by atoms with Gasteiger partial charge in [-0.3, -0.25) is 4.98 Å². The molecule has 5 aromatic carbocycles. The zero-order chi connectivity index (χ0) is 52.2. The maximum atomic E-state index is 13.2. The van der Waals surface area contributed by atoms with Crippen LogP contribution in [0.3, 0.4) is 0 Å². The van der Waals surface area contributed by atoms with E-state index in [1.165, 1.54) is 53.3 Å². The van der Waals surface area contributed by atoms with Crippen molar-refractivity contribution >= 4 is 34.8 Å². The standard InChI is InChI=1S/C12H16.C12H18.C11H15F.C10H12Cl2.C10H13Cl.C10H15N/c1-9(2)11-8-12(11)10-6-4-3-5-7-10;1-10(2)9-11(3)12-7-5-4-6-8-12;1-8(2)7-10-9(3)5-4-6-11(10)12;1-7(2)5-8-3-4-9(11)10(12)6-8;1-8(2)7-9-3-5-10(11)6-4-9;1-9(2)6-7-10-5-3-4-8-11-10/h3-7,9,11-12H,8H2,1-2H3;4-8,10-11H,9H2,1-3H3;4-6,8H,7H2,1-3H3;3-4,6-7H,5H2,1-2H3;3-6,8H,7H2,1-2H3;3-5,8-9H,6-7H2,1-2H3. The van der Waals surface area contributed by atoms with Crippen molar-refractivity contribution in [2.75, 3.05) is 0 Å². The van der Waals surface area contributed by atoms with Gasteiger partial charge in [0, 0.05) is 16.9 Å². The molecule has 3 unspecified atom stereocenters. The normalized spacial score (nSPS) is 14.0. The fraction of sp³-hybridized carbons (Fsp3) is 0.462. The van der Waals surface area contributed by atoms with Gasteiger partial charge in [0.25, 0.3) is 0 Å². The maximum Gasteiger partial charge on any atom is 0.126 e. The van der Waals surface area contributed by atoms with Crippen LogP contribution in [0.15, 0.2) is 146 Å². The molecule has 1 fully saturated rings. The van der Waals surface area contributed by atoms with E-state index < -0.39 is 0 Å². The third kappa shape index (κ3) is 27.6. The molecule has 1 aromatic heterocycles. The topological polar surface area (TPSA) is 12.9 Å². The van der Waals surface area contributed by atoms with Crippen molar-refractivity contribution in [2.45, 2.75) is 154 Å². The van der Waals surface area contributed by atoms with E-state index >= 15 is 0 Å². The third-order valence-electron chi connectivity index (χ3n) is 12.0. The SMILES string of the molecule is CC(C)C1CC1c1ccccc1.CC(C)CC(C)c1ccccc1.CC(C)CCc1ccccn1.CC(C)Cc1ccc(Cl)c(Cl)c1.CC(C)Cc1ccc(Cl)cc1.Cc1cccc(F)c1CC(C)C. The van der Waals surface area contributed by atoms with E-state index in [0.29, 0.717) is 27.8 Å². The molecule has 6 aromatic rings. The second-order valence-electron chi connectivity index (χ2n) is 21.6. The first-order valence-electron chi connectivity index (χ1n) is 26.1. The number of benzene rings is 5. The van der Waals surface area contributed by atoms with Crippen LogP contribution in [0.4, 0.5) is 4.39 Å². The predicted octanol–water partition coefficient (Wildman–Crippen LogP) is 21.0. The Morgan fingerprint density at radius 3 is 1.59 bits per heavy atom. The fourth-order valence-electron chi connectivity index (χ4n) is 8.21. The molecule has 0 saturated heterocycles.